The molecule has 0 saturated heterocycles. The molecule has 2 aromatic rings. The number of halogens is 3. The van der Waals surface area contributed by atoms with Crippen LogP contribution in [0.3, 0.4) is 0 Å². The van der Waals surface area contributed by atoms with Crippen LogP contribution in [0.2, 0.25) is 10.0 Å². The van der Waals surface area contributed by atoms with E-state index in [9.17, 15) is 4.79 Å². The molecule has 0 aliphatic heterocycles. The Labute approximate surface area is 154 Å². The van der Waals surface area contributed by atoms with E-state index >= 15 is 0 Å². The Morgan fingerprint density at radius 3 is 2.52 bits per heavy atom. The number of amides is 1. The second kappa shape index (κ2) is 8.69. The summed E-state index contributed by atoms with van der Waals surface area (Å²) in [4.78, 5) is 12.1. The molecular formula is C17H17BrCl2N2O. The third-order valence-electron chi connectivity index (χ3n) is 3.42. The van der Waals surface area contributed by atoms with Crippen molar-refractivity contribution in [1.82, 2.24) is 5.32 Å². The third-order valence-corrected chi connectivity index (χ3v) is 4.76. The first-order valence-corrected chi connectivity index (χ1v) is 8.79. The molecule has 2 N–H and O–H groups in total. The summed E-state index contributed by atoms with van der Waals surface area (Å²) in [5, 5.41) is 6.79. The van der Waals surface area contributed by atoms with E-state index < -0.39 is 0 Å². The van der Waals surface area contributed by atoms with Gasteiger partial charge < -0.3 is 10.6 Å². The Morgan fingerprint density at radius 1 is 1.17 bits per heavy atom. The van der Waals surface area contributed by atoms with Gasteiger partial charge in [-0.1, -0.05) is 64.3 Å². The van der Waals surface area contributed by atoms with Crippen molar-refractivity contribution in [2.75, 3.05) is 11.9 Å². The fraction of sp³-hybridized carbons (Fsp3) is 0.235. The Balaban J connectivity index is 1.94. The molecule has 0 unspecified atom stereocenters. The molecule has 1 atom stereocenters. The van der Waals surface area contributed by atoms with Crippen LogP contribution in [0, 0.1) is 0 Å². The number of benzene rings is 2. The number of anilines is 1. The Morgan fingerprint density at radius 2 is 1.87 bits per heavy atom. The number of hydrogen-bond acceptors (Lipinski definition) is 2. The van der Waals surface area contributed by atoms with Crippen LogP contribution >= 0.6 is 39.1 Å². The molecule has 0 fully saturated rings. The number of nitrogens with one attached hydrogen (secondary N) is 2. The maximum absolute atomic E-state index is 12.1. The molecule has 3 nitrogen and oxygen atoms in total. The van der Waals surface area contributed by atoms with Crippen molar-refractivity contribution in [1.29, 1.82) is 0 Å². The van der Waals surface area contributed by atoms with Crippen LogP contribution in [0.5, 0.6) is 0 Å². The molecule has 0 aliphatic carbocycles. The van der Waals surface area contributed by atoms with Gasteiger partial charge in [-0.15, -0.1) is 0 Å². The fourth-order valence-electron chi connectivity index (χ4n) is 2.20. The van der Waals surface area contributed by atoms with Crippen molar-refractivity contribution in [2.45, 2.75) is 19.4 Å². The highest BCUT2D eigenvalue weighted by Gasteiger charge is 2.12. The Kier molecular flexibility index (Phi) is 6.90. The quantitative estimate of drug-likeness (QED) is 0.659. The van der Waals surface area contributed by atoms with Gasteiger partial charge in [0.15, 0.2) is 0 Å². The van der Waals surface area contributed by atoms with Gasteiger partial charge >= 0.3 is 0 Å². The molecular weight excluding hydrogens is 399 g/mol. The largest absolute Gasteiger partial charge is 0.324 e. The number of hydrogen-bond donors (Lipinski definition) is 2. The van der Waals surface area contributed by atoms with Crippen molar-refractivity contribution in [3.63, 3.8) is 0 Å². The lowest BCUT2D eigenvalue weighted by Crippen LogP contribution is -2.31. The highest BCUT2D eigenvalue weighted by atomic mass is 79.9. The van der Waals surface area contributed by atoms with Crippen LogP contribution in [0.15, 0.2) is 46.9 Å². The first-order chi connectivity index (χ1) is 11.0. The summed E-state index contributed by atoms with van der Waals surface area (Å²) < 4.78 is 1.03. The van der Waals surface area contributed by atoms with Gasteiger partial charge in [-0.05, 0) is 36.2 Å². The van der Waals surface area contributed by atoms with Gasteiger partial charge in [0.1, 0.15) is 0 Å². The summed E-state index contributed by atoms with van der Waals surface area (Å²) in [5.41, 5.74) is 1.66. The Hall–Kier alpha value is -1.07. The summed E-state index contributed by atoms with van der Waals surface area (Å²) >= 11 is 15.4. The smallest absolute Gasteiger partial charge is 0.238 e. The van der Waals surface area contributed by atoms with E-state index in [0.29, 0.717) is 15.7 Å². The molecule has 2 rings (SSSR count). The molecule has 23 heavy (non-hydrogen) atoms. The van der Waals surface area contributed by atoms with Gasteiger partial charge in [0, 0.05) is 10.5 Å². The van der Waals surface area contributed by atoms with E-state index in [1.165, 1.54) is 0 Å². The lowest BCUT2D eigenvalue weighted by atomic mass is 10.0. The molecule has 6 heteroatoms. The minimum atomic E-state index is -0.162. The molecule has 0 aliphatic rings. The highest BCUT2D eigenvalue weighted by Crippen LogP contribution is 2.29. The minimum Gasteiger partial charge on any atom is -0.324 e. The second-order valence-electron chi connectivity index (χ2n) is 5.04. The third kappa shape index (κ3) is 5.21. The normalized spacial score (nSPS) is 12.0. The lowest BCUT2D eigenvalue weighted by Gasteiger charge is -2.17. The zero-order valence-corrected chi connectivity index (χ0v) is 15.7. The van der Waals surface area contributed by atoms with Crippen LogP contribution in [0.1, 0.15) is 24.9 Å². The van der Waals surface area contributed by atoms with Crippen molar-refractivity contribution < 1.29 is 4.79 Å². The lowest BCUT2D eigenvalue weighted by molar-refractivity contribution is -0.115. The summed E-state index contributed by atoms with van der Waals surface area (Å²) in [6.45, 7) is 2.27. The fourth-order valence-corrected chi connectivity index (χ4v) is 2.82. The van der Waals surface area contributed by atoms with Crippen LogP contribution < -0.4 is 10.6 Å². The van der Waals surface area contributed by atoms with E-state index in [4.69, 9.17) is 23.2 Å². The minimum absolute atomic E-state index is 0.115. The highest BCUT2D eigenvalue weighted by molar-refractivity contribution is 9.10. The predicted octanol–water partition coefficient (Wildman–Crippen LogP) is 5.44. The van der Waals surface area contributed by atoms with Crippen molar-refractivity contribution in [2.24, 2.45) is 0 Å². The molecule has 122 valence electrons. The Bertz CT molecular complexity index is 677. The average molecular weight is 416 g/mol. The molecule has 0 aromatic heterocycles. The number of carbonyl (C=O) groups is 1. The second-order valence-corrected chi connectivity index (χ2v) is 6.74. The van der Waals surface area contributed by atoms with Gasteiger partial charge in [-0.2, -0.15) is 0 Å². The molecule has 1 amide bonds. The van der Waals surface area contributed by atoms with Crippen molar-refractivity contribution in [3.8, 4) is 0 Å². The maximum Gasteiger partial charge on any atom is 0.238 e. The van der Waals surface area contributed by atoms with E-state index in [0.717, 1.165) is 16.5 Å². The van der Waals surface area contributed by atoms with E-state index in [1.807, 2.05) is 24.3 Å². The summed E-state index contributed by atoms with van der Waals surface area (Å²) in [7, 11) is 0. The summed E-state index contributed by atoms with van der Waals surface area (Å²) in [6, 6.07) is 13.3. The molecule has 0 heterocycles. The SMILES string of the molecule is CC[C@H](NCC(=O)Nc1cccc(Cl)c1Cl)c1ccc(Br)cc1. The maximum atomic E-state index is 12.1. The van der Waals surface area contributed by atoms with Gasteiger partial charge in [0.05, 0.1) is 22.3 Å². The van der Waals surface area contributed by atoms with Crippen molar-refractivity contribution in [3.05, 3.63) is 62.5 Å². The van der Waals surface area contributed by atoms with Gasteiger partial charge in [-0.25, -0.2) is 0 Å². The van der Waals surface area contributed by atoms with Crippen LogP contribution in [-0.2, 0) is 4.79 Å². The van der Waals surface area contributed by atoms with Crippen molar-refractivity contribution >= 4 is 50.7 Å². The zero-order chi connectivity index (χ0) is 16.8. The van der Waals surface area contributed by atoms with Gasteiger partial charge in [0.2, 0.25) is 5.91 Å². The van der Waals surface area contributed by atoms with Gasteiger partial charge in [-0.3, -0.25) is 4.79 Å². The molecule has 0 bridgehead atoms. The average Bonchev–Trinajstić information content (AvgIpc) is 2.54. The predicted molar refractivity (Wildman–Crippen MR) is 100 cm³/mol. The first-order valence-electron chi connectivity index (χ1n) is 7.24. The first kappa shape index (κ1) is 18.3. The number of rotatable bonds is 6. The number of carbonyl (C=O) groups excluding carboxylic acids is 1. The summed E-state index contributed by atoms with van der Waals surface area (Å²) in [5.74, 6) is -0.162. The van der Waals surface area contributed by atoms with Crippen LogP contribution in [0.25, 0.3) is 0 Å². The molecule has 0 spiro atoms. The zero-order valence-electron chi connectivity index (χ0n) is 12.6. The monoisotopic (exact) mass is 414 g/mol. The standard InChI is InChI=1S/C17H17BrCl2N2O/c1-2-14(11-6-8-12(18)9-7-11)21-10-16(23)22-15-5-3-4-13(19)17(15)20/h3-9,14,21H,2,10H2,1H3,(H,22,23)/t14-/m0/s1. The van der Waals surface area contributed by atoms with Crippen LogP contribution in [-0.4, -0.2) is 12.5 Å². The van der Waals surface area contributed by atoms with E-state index in [1.54, 1.807) is 18.2 Å². The van der Waals surface area contributed by atoms with E-state index in [2.05, 4.69) is 33.5 Å². The molecule has 0 radical (unpaired) electrons. The van der Waals surface area contributed by atoms with Crippen LogP contribution in [0.4, 0.5) is 5.69 Å². The molecule has 0 saturated carbocycles. The van der Waals surface area contributed by atoms with E-state index in [-0.39, 0.29) is 18.5 Å². The summed E-state index contributed by atoms with van der Waals surface area (Å²) in [6.07, 6.45) is 0.882. The van der Waals surface area contributed by atoms with Gasteiger partial charge in [0.25, 0.3) is 0 Å². The topological polar surface area (TPSA) is 41.1 Å². The molecule has 2 aromatic carbocycles.